The molecule has 2 aromatic carbocycles. The standard InChI is InChI=1S/C15H14N4O2S/c16-15(22-11-13-4-2-1-3-5-13)18-17-10-12-6-8-14(9-7-12)19(20)21/h1-10H,11H2,(H2,16,18). The van der Waals surface area contributed by atoms with E-state index >= 15 is 0 Å². The van der Waals surface area contributed by atoms with Crippen molar-refractivity contribution in [1.82, 2.24) is 0 Å². The topological polar surface area (TPSA) is 93.9 Å². The van der Waals surface area contributed by atoms with Crippen LogP contribution in [0.3, 0.4) is 0 Å². The maximum Gasteiger partial charge on any atom is 0.269 e. The summed E-state index contributed by atoms with van der Waals surface area (Å²) in [5.74, 6) is 0.725. The van der Waals surface area contributed by atoms with Crippen LogP contribution in [0, 0.1) is 10.1 Å². The Morgan fingerprint density at radius 2 is 1.86 bits per heavy atom. The number of nitro groups is 1. The number of nitrogens with zero attached hydrogens (tertiary/aromatic N) is 3. The van der Waals surface area contributed by atoms with E-state index in [1.54, 1.807) is 12.1 Å². The van der Waals surface area contributed by atoms with Crippen molar-refractivity contribution in [2.24, 2.45) is 15.9 Å². The summed E-state index contributed by atoms with van der Waals surface area (Å²) in [6, 6.07) is 16.0. The monoisotopic (exact) mass is 314 g/mol. The van der Waals surface area contributed by atoms with E-state index in [4.69, 9.17) is 5.73 Å². The average Bonchev–Trinajstić information content (AvgIpc) is 2.54. The van der Waals surface area contributed by atoms with Crippen LogP contribution in [0.15, 0.2) is 64.8 Å². The molecule has 0 aromatic heterocycles. The van der Waals surface area contributed by atoms with E-state index in [1.165, 1.54) is 30.1 Å². The number of hydrogen-bond donors (Lipinski definition) is 1. The molecular formula is C15H14N4O2S. The number of thioether (sulfide) groups is 1. The second-order valence-corrected chi connectivity index (χ2v) is 5.30. The maximum absolute atomic E-state index is 10.5. The van der Waals surface area contributed by atoms with E-state index in [0.29, 0.717) is 5.17 Å². The molecule has 2 rings (SSSR count). The number of amidine groups is 1. The lowest BCUT2D eigenvalue weighted by Crippen LogP contribution is -2.05. The summed E-state index contributed by atoms with van der Waals surface area (Å²) >= 11 is 1.40. The zero-order valence-corrected chi connectivity index (χ0v) is 12.4. The molecule has 112 valence electrons. The Morgan fingerprint density at radius 3 is 2.50 bits per heavy atom. The third-order valence-corrected chi connectivity index (χ3v) is 3.55. The summed E-state index contributed by atoms with van der Waals surface area (Å²) < 4.78 is 0. The molecule has 0 saturated heterocycles. The zero-order chi connectivity index (χ0) is 15.8. The van der Waals surface area contributed by atoms with Gasteiger partial charge in [-0.2, -0.15) is 5.10 Å². The van der Waals surface area contributed by atoms with Gasteiger partial charge >= 0.3 is 0 Å². The van der Waals surface area contributed by atoms with Crippen LogP contribution in [-0.2, 0) is 5.75 Å². The van der Waals surface area contributed by atoms with Crippen LogP contribution >= 0.6 is 11.8 Å². The Bertz CT molecular complexity index is 684. The molecule has 0 bridgehead atoms. The third kappa shape index (κ3) is 5.02. The smallest absolute Gasteiger partial charge is 0.269 e. The lowest BCUT2D eigenvalue weighted by Gasteiger charge is -1.99. The van der Waals surface area contributed by atoms with Crippen molar-refractivity contribution in [1.29, 1.82) is 0 Å². The Kier molecular flexibility index (Phi) is 5.67. The summed E-state index contributed by atoms with van der Waals surface area (Å²) in [4.78, 5) is 10.1. The van der Waals surface area contributed by atoms with E-state index in [1.807, 2.05) is 30.3 Å². The van der Waals surface area contributed by atoms with E-state index in [9.17, 15) is 10.1 Å². The van der Waals surface area contributed by atoms with Crippen molar-refractivity contribution < 1.29 is 4.92 Å². The average molecular weight is 314 g/mol. The molecule has 0 radical (unpaired) electrons. The molecule has 22 heavy (non-hydrogen) atoms. The lowest BCUT2D eigenvalue weighted by molar-refractivity contribution is -0.384. The molecule has 0 atom stereocenters. The van der Waals surface area contributed by atoms with Gasteiger partial charge in [0.25, 0.3) is 5.69 Å². The van der Waals surface area contributed by atoms with Gasteiger partial charge in [-0.15, -0.1) is 5.10 Å². The molecule has 0 heterocycles. The molecule has 0 aliphatic rings. The number of hydrogen-bond acceptors (Lipinski definition) is 5. The van der Waals surface area contributed by atoms with Crippen molar-refractivity contribution in [2.45, 2.75) is 5.75 Å². The fourth-order valence-electron chi connectivity index (χ4n) is 1.59. The molecular weight excluding hydrogens is 300 g/mol. The van der Waals surface area contributed by atoms with Gasteiger partial charge in [0.05, 0.1) is 11.1 Å². The molecule has 0 unspecified atom stereocenters. The first-order valence-electron chi connectivity index (χ1n) is 6.43. The zero-order valence-electron chi connectivity index (χ0n) is 11.6. The van der Waals surface area contributed by atoms with Gasteiger partial charge in [0.15, 0.2) is 5.17 Å². The summed E-state index contributed by atoms with van der Waals surface area (Å²) in [5, 5.41) is 18.7. The van der Waals surface area contributed by atoms with Crippen LogP contribution < -0.4 is 5.73 Å². The van der Waals surface area contributed by atoms with Crippen molar-refractivity contribution >= 4 is 28.8 Å². The molecule has 2 N–H and O–H groups in total. The largest absolute Gasteiger partial charge is 0.377 e. The highest BCUT2D eigenvalue weighted by Crippen LogP contribution is 2.12. The van der Waals surface area contributed by atoms with Crippen LogP contribution in [0.1, 0.15) is 11.1 Å². The number of nitro benzene ring substituents is 1. The van der Waals surface area contributed by atoms with Crippen molar-refractivity contribution in [3.8, 4) is 0 Å². The predicted molar refractivity (Wildman–Crippen MR) is 90.0 cm³/mol. The third-order valence-electron chi connectivity index (χ3n) is 2.70. The number of benzene rings is 2. The molecule has 7 heteroatoms. The Balaban J connectivity index is 1.88. The molecule has 0 fully saturated rings. The normalized spacial score (nSPS) is 11.7. The Labute approximate surface area is 131 Å². The van der Waals surface area contributed by atoms with Gasteiger partial charge < -0.3 is 5.73 Å². The van der Waals surface area contributed by atoms with Gasteiger partial charge in [-0.1, -0.05) is 42.1 Å². The maximum atomic E-state index is 10.5. The number of nitrogens with two attached hydrogens (primary N) is 1. The van der Waals surface area contributed by atoms with Crippen molar-refractivity contribution in [2.75, 3.05) is 0 Å². The highest BCUT2D eigenvalue weighted by Gasteiger charge is 2.02. The van der Waals surface area contributed by atoms with Crippen molar-refractivity contribution in [3.05, 3.63) is 75.8 Å². The molecule has 6 nitrogen and oxygen atoms in total. The molecule has 0 saturated carbocycles. The van der Waals surface area contributed by atoms with Gasteiger partial charge in [-0.3, -0.25) is 10.1 Å². The summed E-state index contributed by atoms with van der Waals surface area (Å²) in [6.45, 7) is 0. The second kappa shape index (κ2) is 7.94. The van der Waals surface area contributed by atoms with Crippen LogP contribution in [0.5, 0.6) is 0 Å². The molecule has 0 amide bonds. The van der Waals surface area contributed by atoms with Gasteiger partial charge in [0.2, 0.25) is 0 Å². The Hall–Kier alpha value is -2.67. The first-order valence-corrected chi connectivity index (χ1v) is 7.41. The van der Waals surface area contributed by atoms with Gasteiger partial charge in [-0.05, 0) is 23.3 Å². The van der Waals surface area contributed by atoms with Crippen LogP contribution in [0.25, 0.3) is 0 Å². The minimum Gasteiger partial charge on any atom is -0.377 e. The molecule has 0 spiro atoms. The first kappa shape index (κ1) is 15.7. The van der Waals surface area contributed by atoms with Crippen LogP contribution in [0.2, 0.25) is 0 Å². The van der Waals surface area contributed by atoms with E-state index in [0.717, 1.165) is 16.9 Å². The van der Waals surface area contributed by atoms with Crippen LogP contribution in [0.4, 0.5) is 5.69 Å². The highest BCUT2D eigenvalue weighted by molar-refractivity contribution is 8.13. The minimum atomic E-state index is -0.447. The van der Waals surface area contributed by atoms with E-state index < -0.39 is 4.92 Å². The summed E-state index contributed by atoms with van der Waals surface area (Å²) in [5.41, 5.74) is 7.67. The summed E-state index contributed by atoms with van der Waals surface area (Å²) in [7, 11) is 0. The minimum absolute atomic E-state index is 0.0404. The highest BCUT2D eigenvalue weighted by atomic mass is 32.2. The number of non-ortho nitro benzene ring substituents is 1. The molecule has 0 aliphatic heterocycles. The van der Waals surface area contributed by atoms with Gasteiger partial charge in [0.1, 0.15) is 0 Å². The van der Waals surface area contributed by atoms with Crippen molar-refractivity contribution in [3.63, 3.8) is 0 Å². The lowest BCUT2D eigenvalue weighted by atomic mass is 10.2. The Morgan fingerprint density at radius 1 is 1.18 bits per heavy atom. The van der Waals surface area contributed by atoms with Gasteiger partial charge in [0, 0.05) is 17.9 Å². The SMILES string of the molecule is NC(=NN=Cc1ccc([N+](=O)[O-])cc1)SCc1ccccc1. The van der Waals surface area contributed by atoms with Gasteiger partial charge in [-0.25, -0.2) is 0 Å². The van der Waals surface area contributed by atoms with E-state index in [2.05, 4.69) is 10.2 Å². The second-order valence-electron chi connectivity index (χ2n) is 4.31. The first-order chi connectivity index (χ1) is 10.6. The van der Waals surface area contributed by atoms with Crippen LogP contribution in [-0.4, -0.2) is 16.3 Å². The fraction of sp³-hybridized carbons (Fsp3) is 0.0667. The summed E-state index contributed by atoms with van der Waals surface area (Å²) in [6.07, 6.45) is 1.50. The fourth-order valence-corrected chi connectivity index (χ4v) is 2.21. The predicted octanol–water partition coefficient (Wildman–Crippen LogP) is 3.18. The molecule has 0 aliphatic carbocycles. The quantitative estimate of drug-likeness (QED) is 0.397. The molecule has 2 aromatic rings. The van der Waals surface area contributed by atoms with E-state index in [-0.39, 0.29) is 5.69 Å². The number of rotatable bonds is 5.